The maximum atomic E-state index is 11.8. The molecule has 20 heavy (non-hydrogen) atoms. The van der Waals surface area contributed by atoms with Gasteiger partial charge in [-0.15, -0.1) is 0 Å². The van der Waals surface area contributed by atoms with Gasteiger partial charge >= 0.3 is 6.03 Å². The summed E-state index contributed by atoms with van der Waals surface area (Å²) < 4.78 is 0. The third-order valence-corrected chi connectivity index (χ3v) is 3.20. The van der Waals surface area contributed by atoms with Crippen LogP contribution in [0, 0.1) is 0 Å². The Labute approximate surface area is 125 Å². The number of hydrogen-bond acceptors (Lipinski definition) is 2. The second-order valence-corrected chi connectivity index (χ2v) is 4.77. The molecule has 0 radical (unpaired) electrons. The Morgan fingerprint density at radius 2 is 1.65 bits per heavy atom. The Balaban J connectivity index is 2.04. The van der Waals surface area contributed by atoms with Crippen molar-refractivity contribution in [1.29, 1.82) is 0 Å². The summed E-state index contributed by atoms with van der Waals surface area (Å²) in [5, 5.41) is 6.00. The van der Waals surface area contributed by atoms with Crippen molar-refractivity contribution >= 4 is 46.9 Å². The van der Waals surface area contributed by atoms with E-state index in [9.17, 15) is 9.59 Å². The van der Waals surface area contributed by atoms with Gasteiger partial charge in [-0.05, 0) is 30.3 Å². The van der Waals surface area contributed by atoms with Crippen LogP contribution in [-0.2, 0) is 0 Å². The maximum Gasteiger partial charge on any atom is 0.323 e. The molecule has 0 aliphatic rings. The van der Waals surface area contributed by atoms with Crippen molar-refractivity contribution < 1.29 is 9.59 Å². The average molecular weight is 309 g/mol. The van der Waals surface area contributed by atoms with E-state index in [-0.39, 0.29) is 0 Å². The van der Waals surface area contributed by atoms with Crippen molar-refractivity contribution in [1.82, 2.24) is 0 Å². The van der Waals surface area contributed by atoms with Gasteiger partial charge in [0.1, 0.15) is 6.29 Å². The zero-order chi connectivity index (χ0) is 14.5. The lowest BCUT2D eigenvalue weighted by Crippen LogP contribution is -2.19. The van der Waals surface area contributed by atoms with Crippen LogP contribution in [0.4, 0.5) is 16.2 Å². The minimum absolute atomic E-state index is 0.354. The number of rotatable bonds is 3. The fourth-order valence-corrected chi connectivity index (χ4v) is 1.86. The maximum absolute atomic E-state index is 11.8. The van der Waals surface area contributed by atoms with Gasteiger partial charge in [-0.3, -0.25) is 4.79 Å². The predicted octanol–water partition coefficient (Wildman–Crippen LogP) is 4.45. The summed E-state index contributed by atoms with van der Waals surface area (Å²) in [6.07, 6.45) is 0.710. The molecule has 4 nitrogen and oxygen atoms in total. The van der Waals surface area contributed by atoms with Crippen LogP contribution in [0.2, 0.25) is 10.0 Å². The first kappa shape index (κ1) is 14.4. The van der Waals surface area contributed by atoms with Gasteiger partial charge in [-0.25, -0.2) is 4.79 Å². The number of benzene rings is 2. The average Bonchev–Trinajstić information content (AvgIpc) is 2.43. The molecular formula is C14H10Cl2N2O2. The van der Waals surface area contributed by atoms with Gasteiger partial charge in [0.25, 0.3) is 0 Å². The van der Waals surface area contributed by atoms with Crippen molar-refractivity contribution in [3.63, 3.8) is 0 Å². The number of carbonyl (C=O) groups is 2. The summed E-state index contributed by atoms with van der Waals surface area (Å²) >= 11 is 11.6. The molecule has 0 unspecified atom stereocenters. The highest BCUT2D eigenvalue weighted by molar-refractivity contribution is 6.42. The molecule has 0 atom stereocenters. The minimum Gasteiger partial charge on any atom is -0.308 e. The van der Waals surface area contributed by atoms with Crippen LogP contribution in [0.25, 0.3) is 0 Å². The minimum atomic E-state index is -0.438. The summed E-state index contributed by atoms with van der Waals surface area (Å²) in [4.78, 5) is 22.4. The normalized spacial score (nSPS) is 9.90. The van der Waals surface area contributed by atoms with Crippen LogP contribution in [0.1, 0.15) is 10.4 Å². The molecule has 0 bridgehead atoms. The highest BCUT2D eigenvalue weighted by atomic mass is 35.5. The van der Waals surface area contributed by atoms with Crippen molar-refractivity contribution in [2.75, 3.05) is 10.6 Å². The number of nitrogens with one attached hydrogen (secondary N) is 2. The highest BCUT2D eigenvalue weighted by Gasteiger charge is 2.05. The molecule has 0 spiro atoms. The molecular weight excluding hydrogens is 299 g/mol. The number of hydrogen-bond donors (Lipinski definition) is 2. The Kier molecular flexibility index (Phi) is 4.61. The third-order valence-electron chi connectivity index (χ3n) is 2.46. The lowest BCUT2D eigenvalue weighted by atomic mass is 10.2. The summed E-state index contributed by atoms with van der Waals surface area (Å²) in [6, 6.07) is 10.9. The molecule has 102 valence electrons. The molecule has 2 N–H and O–H groups in total. The Morgan fingerprint density at radius 3 is 2.30 bits per heavy atom. The Hall–Kier alpha value is -2.04. The van der Waals surface area contributed by atoms with Crippen molar-refractivity contribution in [3.8, 4) is 0 Å². The molecule has 2 amide bonds. The zero-order valence-electron chi connectivity index (χ0n) is 10.2. The van der Waals surface area contributed by atoms with E-state index in [1.165, 1.54) is 0 Å². The van der Waals surface area contributed by atoms with Crippen LogP contribution in [0.15, 0.2) is 42.5 Å². The largest absolute Gasteiger partial charge is 0.323 e. The van der Waals surface area contributed by atoms with E-state index >= 15 is 0 Å². The van der Waals surface area contributed by atoms with E-state index in [1.807, 2.05) is 0 Å². The molecule has 2 aromatic carbocycles. The molecule has 2 rings (SSSR count). The fourth-order valence-electron chi connectivity index (χ4n) is 1.56. The summed E-state index contributed by atoms with van der Waals surface area (Å²) in [5.41, 5.74) is 1.52. The van der Waals surface area contributed by atoms with Crippen LogP contribution >= 0.6 is 23.2 Å². The van der Waals surface area contributed by atoms with Crippen LogP contribution in [-0.4, -0.2) is 12.3 Å². The smallest absolute Gasteiger partial charge is 0.308 e. The number of amides is 2. The lowest BCUT2D eigenvalue weighted by Gasteiger charge is -2.08. The molecule has 0 saturated carbocycles. The van der Waals surface area contributed by atoms with E-state index in [1.54, 1.807) is 42.5 Å². The second kappa shape index (κ2) is 6.41. The first-order chi connectivity index (χ1) is 9.58. The molecule has 0 heterocycles. The molecule has 6 heteroatoms. The molecule has 2 aromatic rings. The van der Waals surface area contributed by atoms with E-state index in [0.29, 0.717) is 33.3 Å². The van der Waals surface area contributed by atoms with Crippen LogP contribution < -0.4 is 10.6 Å². The summed E-state index contributed by atoms with van der Waals surface area (Å²) in [7, 11) is 0. The van der Waals surface area contributed by atoms with E-state index in [4.69, 9.17) is 23.2 Å². The topological polar surface area (TPSA) is 58.2 Å². The first-order valence-electron chi connectivity index (χ1n) is 5.67. The Bertz CT molecular complexity index is 659. The second-order valence-electron chi connectivity index (χ2n) is 3.95. The molecule has 0 aliphatic carbocycles. The van der Waals surface area contributed by atoms with Gasteiger partial charge in [0.05, 0.1) is 10.0 Å². The van der Waals surface area contributed by atoms with Crippen molar-refractivity contribution in [3.05, 3.63) is 58.1 Å². The first-order valence-corrected chi connectivity index (χ1v) is 6.42. The fraction of sp³-hybridized carbons (Fsp3) is 0. The van der Waals surface area contributed by atoms with Gasteiger partial charge in [0, 0.05) is 16.9 Å². The van der Waals surface area contributed by atoms with Gasteiger partial charge in [-0.1, -0.05) is 35.3 Å². The zero-order valence-corrected chi connectivity index (χ0v) is 11.7. The van der Waals surface area contributed by atoms with E-state index in [2.05, 4.69) is 10.6 Å². The predicted molar refractivity (Wildman–Crippen MR) is 80.9 cm³/mol. The molecule has 0 aliphatic heterocycles. The summed E-state index contributed by atoms with van der Waals surface area (Å²) in [5.74, 6) is 0. The lowest BCUT2D eigenvalue weighted by molar-refractivity contribution is 0.112. The SMILES string of the molecule is O=Cc1cccc(NC(=O)Nc2ccc(Cl)c(Cl)c2)c1. The van der Waals surface area contributed by atoms with Crippen molar-refractivity contribution in [2.45, 2.75) is 0 Å². The summed E-state index contributed by atoms with van der Waals surface area (Å²) in [6.45, 7) is 0. The number of anilines is 2. The van der Waals surface area contributed by atoms with Crippen LogP contribution in [0.5, 0.6) is 0 Å². The number of carbonyl (C=O) groups excluding carboxylic acids is 2. The van der Waals surface area contributed by atoms with E-state index < -0.39 is 6.03 Å². The van der Waals surface area contributed by atoms with Gasteiger partial charge < -0.3 is 10.6 Å². The third kappa shape index (κ3) is 3.73. The van der Waals surface area contributed by atoms with E-state index in [0.717, 1.165) is 0 Å². The van der Waals surface area contributed by atoms with Gasteiger partial charge in [-0.2, -0.15) is 0 Å². The quantitative estimate of drug-likeness (QED) is 0.823. The number of halogens is 2. The molecule has 0 aromatic heterocycles. The number of aldehydes is 1. The van der Waals surface area contributed by atoms with Crippen molar-refractivity contribution in [2.24, 2.45) is 0 Å². The number of urea groups is 1. The van der Waals surface area contributed by atoms with Crippen LogP contribution in [0.3, 0.4) is 0 Å². The standard InChI is InChI=1S/C14H10Cl2N2O2/c15-12-5-4-11(7-13(12)16)18-14(20)17-10-3-1-2-9(6-10)8-19/h1-8H,(H2,17,18,20). The van der Waals surface area contributed by atoms with Gasteiger partial charge in [0.15, 0.2) is 0 Å². The Morgan fingerprint density at radius 1 is 0.950 bits per heavy atom. The van der Waals surface area contributed by atoms with Gasteiger partial charge in [0.2, 0.25) is 0 Å². The monoisotopic (exact) mass is 308 g/mol. The highest BCUT2D eigenvalue weighted by Crippen LogP contribution is 2.25. The molecule has 0 saturated heterocycles. The molecule has 0 fully saturated rings.